The van der Waals surface area contributed by atoms with Crippen molar-refractivity contribution in [2.24, 2.45) is 10.9 Å². The molecule has 1 aliphatic rings. The molecule has 1 aromatic carbocycles. The Hall–Kier alpha value is -1.99. The highest BCUT2D eigenvalue weighted by molar-refractivity contribution is 5.79. The van der Waals surface area contributed by atoms with E-state index >= 15 is 0 Å². The Balaban J connectivity index is 1.63. The van der Waals surface area contributed by atoms with Crippen LogP contribution in [0.4, 0.5) is 0 Å². The Bertz CT molecular complexity index is 563. The van der Waals surface area contributed by atoms with Crippen molar-refractivity contribution in [3.05, 3.63) is 24.3 Å². The van der Waals surface area contributed by atoms with Crippen LogP contribution in [0.5, 0.6) is 11.5 Å². The molecule has 7 nitrogen and oxygen atoms in total. The minimum Gasteiger partial charge on any atom is -0.497 e. The van der Waals surface area contributed by atoms with Gasteiger partial charge in [0.15, 0.2) is 5.96 Å². The van der Waals surface area contributed by atoms with Crippen molar-refractivity contribution in [2.45, 2.75) is 20.0 Å². The van der Waals surface area contributed by atoms with Gasteiger partial charge in [0, 0.05) is 33.2 Å². The average molecular weight is 379 g/mol. The molecule has 1 aromatic rings. The van der Waals surface area contributed by atoms with E-state index in [1.807, 2.05) is 24.3 Å². The summed E-state index contributed by atoms with van der Waals surface area (Å²) in [6, 6.07) is 7.57. The lowest BCUT2D eigenvalue weighted by Crippen LogP contribution is -2.50. The number of hydrogen-bond acceptors (Lipinski definition) is 5. The maximum Gasteiger partial charge on any atom is 0.191 e. The molecule has 27 heavy (non-hydrogen) atoms. The van der Waals surface area contributed by atoms with Gasteiger partial charge in [0.05, 0.1) is 26.4 Å². The Kier molecular flexibility index (Phi) is 9.21. The molecule has 2 N–H and O–H groups in total. The van der Waals surface area contributed by atoms with Gasteiger partial charge in [-0.2, -0.15) is 0 Å². The van der Waals surface area contributed by atoms with Crippen molar-refractivity contribution in [1.29, 1.82) is 0 Å². The first-order valence-corrected chi connectivity index (χ1v) is 9.66. The van der Waals surface area contributed by atoms with Crippen LogP contribution in [0.1, 0.15) is 13.8 Å². The highest BCUT2D eigenvalue weighted by Crippen LogP contribution is 2.16. The second kappa shape index (κ2) is 11.7. The Labute approximate surface area is 163 Å². The summed E-state index contributed by atoms with van der Waals surface area (Å²) in [5.74, 6) is 3.08. The van der Waals surface area contributed by atoms with Gasteiger partial charge in [-0.3, -0.25) is 9.89 Å². The minimum absolute atomic E-state index is 0.187. The summed E-state index contributed by atoms with van der Waals surface area (Å²) in [6.45, 7) is 10.4. The van der Waals surface area contributed by atoms with E-state index in [-0.39, 0.29) is 6.10 Å². The normalized spacial score (nSPS) is 18.4. The van der Waals surface area contributed by atoms with Crippen molar-refractivity contribution >= 4 is 5.96 Å². The number of hydrogen-bond donors (Lipinski definition) is 2. The van der Waals surface area contributed by atoms with Crippen LogP contribution in [-0.2, 0) is 4.74 Å². The van der Waals surface area contributed by atoms with E-state index < -0.39 is 0 Å². The van der Waals surface area contributed by atoms with E-state index in [9.17, 15) is 0 Å². The highest BCUT2D eigenvalue weighted by atomic mass is 16.5. The summed E-state index contributed by atoms with van der Waals surface area (Å²) in [6.07, 6.45) is 0.187. The van der Waals surface area contributed by atoms with Gasteiger partial charge in [0.25, 0.3) is 0 Å². The Morgan fingerprint density at radius 3 is 2.67 bits per heavy atom. The molecule has 0 amide bonds. The number of nitrogens with one attached hydrogen (secondary N) is 2. The molecule has 1 heterocycles. The van der Waals surface area contributed by atoms with Crippen LogP contribution in [0.15, 0.2) is 29.3 Å². The molecule has 0 bridgehead atoms. The third-order valence-corrected chi connectivity index (χ3v) is 4.29. The molecule has 0 radical (unpaired) electrons. The lowest BCUT2D eigenvalue weighted by molar-refractivity contribution is -0.0284. The quantitative estimate of drug-likeness (QED) is 0.387. The van der Waals surface area contributed by atoms with E-state index in [2.05, 4.69) is 34.4 Å². The molecule has 0 spiro atoms. The maximum absolute atomic E-state index is 5.87. The van der Waals surface area contributed by atoms with Crippen LogP contribution in [0.25, 0.3) is 0 Å². The molecule has 152 valence electrons. The van der Waals surface area contributed by atoms with Crippen LogP contribution in [-0.4, -0.2) is 77.1 Å². The minimum atomic E-state index is 0.187. The first kappa shape index (κ1) is 21.3. The van der Waals surface area contributed by atoms with E-state index in [0.717, 1.165) is 50.2 Å². The van der Waals surface area contributed by atoms with Gasteiger partial charge in [-0.1, -0.05) is 13.8 Å². The molecule has 1 fully saturated rings. The summed E-state index contributed by atoms with van der Waals surface area (Å²) < 4.78 is 16.7. The summed E-state index contributed by atoms with van der Waals surface area (Å²) in [4.78, 5) is 6.73. The first-order valence-electron chi connectivity index (χ1n) is 9.66. The molecule has 1 unspecified atom stereocenters. The molecule has 1 atom stereocenters. The molecular formula is C20H34N4O3. The number of methoxy groups -OCH3 is 1. The molecule has 0 aromatic heterocycles. The van der Waals surface area contributed by atoms with E-state index in [0.29, 0.717) is 19.1 Å². The monoisotopic (exact) mass is 378 g/mol. The summed E-state index contributed by atoms with van der Waals surface area (Å²) in [7, 11) is 3.42. The van der Waals surface area contributed by atoms with Gasteiger partial charge in [0.2, 0.25) is 0 Å². The topological polar surface area (TPSA) is 67.4 Å². The number of benzene rings is 1. The Morgan fingerprint density at radius 2 is 2.00 bits per heavy atom. The van der Waals surface area contributed by atoms with Gasteiger partial charge < -0.3 is 24.8 Å². The highest BCUT2D eigenvalue weighted by Gasteiger charge is 2.20. The van der Waals surface area contributed by atoms with Gasteiger partial charge in [-0.25, -0.2) is 0 Å². The fourth-order valence-corrected chi connectivity index (χ4v) is 3.03. The van der Waals surface area contributed by atoms with Gasteiger partial charge in [-0.05, 0) is 30.2 Å². The van der Waals surface area contributed by atoms with Crippen molar-refractivity contribution in [2.75, 3.05) is 60.1 Å². The standard InChI is InChI=1S/C20H34N4O3/c1-16(2)14-24-10-12-27-19(15-24)13-23-20(21-3)22-9-11-26-18-7-5-17(25-4)6-8-18/h5-8,16,19H,9-15H2,1-4H3,(H2,21,22,23). The number of ether oxygens (including phenoxy) is 3. The molecule has 2 rings (SSSR count). The van der Waals surface area contributed by atoms with E-state index in [4.69, 9.17) is 14.2 Å². The predicted molar refractivity (Wildman–Crippen MR) is 109 cm³/mol. The number of morpholine rings is 1. The number of rotatable bonds is 9. The van der Waals surface area contributed by atoms with Crippen molar-refractivity contribution in [1.82, 2.24) is 15.5 Å². The first-order chi connectivity index (χ1) is 13.1. The summed E-state index contributed by atoms with van der Waals surface area (Å²) >= 11 is 0. The molecule has 0 saturated carbocycles. The lowest BCUT2D eigenvalue weighted by atomic mass is 10.2. The van der Waals surface area contributed by atoms with Crippen molar-refractivity contribution < 1.29 is 14.2 Å². The second-order valence-electron chi connectivity index (χ2n) is 7.05. The third kappa shape index (κ3) is 8.05. The van der Waals surface area contributed by atoms with Gasteiger partial charge >= 0.3 is 0 Å². The van der Waals surface area contributed by atoms with Crippen molar-refractivity contribution in [3.63, 3.8) is 0 Å². The van der Waals surface area contributed by atoms with Gasteiger partial charge in [-0.15, -0.1) is 0 Å². The number of aliphatic imine (C=N–C) groups is 1. The SMILES string of the molecule is CN=C(NCCOc1ccc(OC)cc1)NCC1CN(CC(C)C)CCO1. The second-order valence-corrected chi connectivity index (χ2v) is 7.05. The summed E-state index contributed by atoms with van der Waals surface area (Å²) in [5, 5.41) is 6.61. The van der Waals surface area contributed by atoms with E-state index in [1.54, 1.807) is 14.2 Å². The molecule has 1 aliphatic heterocycles. The molecule has 0 aliphatic carbocycles. The fraction of sp³-hybridized carbons (Fsp3) is 0.650. The van der Waals surface area contributed by atoms with Crippen LogP contribution >= 0.6 is 0 Å². The van der Waals surface area contributed by atoms with Crippen LogP contribution in [0, 0.1) is 5.92 Å². The van der Waals surface area contributed by atoms with E-state index in [1.165, 1.54) is 0 Å². The van der Waals surface area contributed by atoms with Crippen LogP contribution in [0.3, 0.4) is 0 Å². The molecular weight excluding hydrogens is 344 g/mol. The zero-order valence-corrected chi connectivity index (χ0v) is 17.0. The number of nitrogens with zero attached hydrogens (tertiary/aromatic N) is 2. The fourth-order valence-electron chi connectivity index (χ4n) is 3.03. The Morgan fingerprint density at radius 1 is 1.26 bits per heavy atom. The predicted octanol–water partition coefficient (Wildman–Crippen LogP) is 1.60. The van der Waals surface area contributed by atoms with Crippen LogP contribution in [0.2, 0.25) is 0 Å². The summed E-state index contributed by atoms with van der Waals surface area (Å²) in [5.41, 5.74) is 0. The zero-order valence-electron chi connectivity index (χ0n) is 17.0. The lowest BCUT2D eigenvalue weighted by Gasteiger charge is -2.34. The van der Waals surface area contributed by atoms with Crippen molar-refractivity contribution in [3.8, 4) is 11.5 Å². The smallest absolute Gasteiger partial charge is 0.191 e. The zero-order chi connectivity index (χ0) is 19.5. The number of guanidine groups is 1. The van der Waals surface area contributed by atoms with Crippen LogP contribution < -0.4 is 20.1 Å². The maximum atomic E-state index is 5.87. The third-order valence-electron chi connectivity index (χ3n) is 4.29. The largest absolute Gasteiger partial charge is 0.497 e. The average Bonchev–Trinajstić information content (AvgIpc) is 2.67. The van der Waals surface area contributed by atoms with Gasteiger partial charge in [0.1, 0.15) is 18.1 Å². The molecule has 7 heteroatoms. The molecule has 1 saturated heterocycles.